The van der Waals surface area contributed by atoms with Crippen LogP contribution in [0.4, 0.5) is 21.0 Å². The lowest BCUT2D eigenvalue weighted by molar-refractivity contribution is -0.121. The Morgan fingerprint density at radius 1 is 1.24 bits per heavy atom. The molecule has 2 heterocycles. The summed E-state index contributed by atoms with van der Waals surface area (Å²) in [4.78, 5) is 43.2. The van der Waals surface area contributed by atoms with Crippen LogP contribution in [0, 0.1) is 0 Å². The normalized spacial score (nSPS) is 22.2. The van der Waals surface area contributed by atoms with E-state index in [-0.39, 0.29) is 30.4 Å². The van der Waals surface area contributed by atoms with Crippen molar-refractivity contribution in [3.8, 4) is 0 Å². The van der Waals surface area contributed by atoms with Crippen LogP contribution in [0.15, 0.2) is 24.3 Å². The van der Waals surface area contributed by atoms with E-state index < -0.39 is 11.7 Å². The molecule has 158 valence electrons. The van der Waals surface area contributed by atoms with E-state index in [4.69, 9.17) is 4.74 Å². The van der Waals surface area contributed by atoms with Gasteiger partial charge >= 0.3 is 12.1 Å². The molecule has 2 unspecified atom stereocenters. The largest absolute Gasteiger partial charge is 0.444 e. The number of ether oxygens (including phenoxy) is 1. The number of hydrogen-bond acceptors (Lipinski definition) is 5. The molecule has 1 N–H and O–H groups in total. The van der Waals surface area contributed by atoms with Gasteiger partial charge in [0.2, 0.25) is 5.91 Å². The van der Waals surface area contributed by atoms with Crippen molar-refractivity contribution in [1.82, 2.24) is 10.2 Å². The van der Waals surface area contributed by atoms with Gasteiger partial charge < -0.3 is 19.9 Å². The number of piperidine rings is 1. The molecule has 2 saturated heterocycles. The first-order valence-corrected chi connectivity index (χ1v) is 9.97. The monoisotopic (exact) mass is 402 g/mol. The zero-order valence-corrected chi connectivity index (χ0v) is 17.8. The van der Waals surface area contributed by atoms with E-state index in [2.05, 4.69) is 5.32 Å². The number of alkyl carbamates (subject to hydrolysis) is 1. The molecule has 2 aliphatic heterocycles. The Balaban J connectivity index is 1.78. The predicted octanol–water partition coefficient (Wildman–Crippen LogP) is 2.97. The molecule has 2 fully saturated rings. The van der Waals surface area contributed by atoms with Crippen LogP contribution in [0.25, 0.3) is 0 Å². The second-order valence-electron chi connectivity index (χ2n) is 8.79. The van der Waals surface area contributed by atoms with E-state index in [9.17, 15) is 14.4 Å². The van der Waals surface area contributed by atoms with Gasteiger partial charge in [-0.15, -0.1) is 0 Å². The average molecular weight is 402 g/mol. The summed E-state index contributed by atoms with van der Waals surface area (Å²) in [6.07, 6.45) is 1.10. The van der Waals surface area contributed by atoms with Gasteiger partial charge in [-0.3, -0.25) is 4.79 Å². The Kier molecular flexibility index (Phi) is 5.73. The maximum atomic E-state index is 13.2. The van der Waals surface area contributed by atoms with Crippen LogP contribution >= 0.6 is 0 Å². The van der Waals surface area contributed by atoms with Gasteiger partial charge in [0.15, 0.2) is 0 Å². The van der Waals surface area contributed by atoms with E-state index in [0.717, 1.165) is 12.1 Å². The van der Waals surface area contributed by atoms with Gasteiger partial charge in [-0.25, -0.2) is 14.5 Å². The number of fused-ring (bicyclic) bond motifs is 1. The molecule has 29 heavy (non-hydrogen) atoms. The minimum Gasteiger partial charge on any atom is -0.444 e. The number of nitrogens with zero attached hydrogens (tertiary/aromatic N) is 3. The van der Waals surface area contributed by atoms with Crippen LogP contribution in [0.3, 0.4) is 0 Å². The van der Waals surface area contributed by atoms with E-state index in [1.54, 1.807) is 31.7 Å². The summed E-state index contributed by atoms with van der Waals surface area (Å²) >= 11 is 0. The SMILES string of the molecule is CN(C)c1cccc(N2C(=O)CC3C(NC(=O)OC(C)(C)C)CCCN3C2=O)c1. The highest BCUT2D eigenvalue weighted by molar-refractivity contribution is 6.16. The third kappa shape index (κ3) is 4.63. The lowest BCUT2D eigenvalue weighted by atomic mass is 9.91. The van der Waals surface area contributed by atoms with Gasteiger partial charge in [-0.05, 0) is 51.8 Å². The molecule has 8 heteroatoms. The number of benzene rings is 1. The molecule has 3 rings (SSSR count). The third-order valence-corrected chi connectivity index (χ3v) is 5.16. The summed E-state index contributed by atoms with van der Waals surface area (Å²) in [5.41, 5.74) is 0.866. The number of urea groups is 1. The molecular formula is C21H30N4O4. The zero-order chi connectivity index (χ0) is 21.3. The second kappa shape index (κ2) is 7.93. The minimum absolute atomic E-state index is 0.165. The van der Waals surface area contributed by atoms with E-state index in [1.807, 2.05) is 37.2 Å². The highest BCUT2D eigenvalue weighted by Gasteiger charge is 2.45. The standard InChI is InChI=1S/C21H30N4O4/c1-21(2,3)29-19(27)22-16-10-7-11-24-17(16)13-18(26)25(20(24)28)15-9-6-8-14(12-15)23(4)5/h6,8-9,12,16-17H,7,10-11,13H2,1-5H3,(H,22,27). The van der Waals surface area contributed by atoms with Crippen LogP contribution in [0.5, 0.6) is 0 Å². The van der Waals surface area contributed by atoms with Crippen LogP contribution in [0.2, 0.25) is 0 Å². The van der Waals surface area contributed by atoms with E-state index >= 15 is 0 Å². The van der Waals surface area contributed by atoms with Gasteiger partial charge in [0, 0.05) is 26.3 Å². The van der Waals surface area contributed by atoms with Gasteiger partial charge in [0.1, 0.15) is 5.60 Å². The van der Waals surface area contributed by atoms with Crippen molar-refractivity contribution in [3.63, 3.8) is 0 Å². The number of hydrogen-bond donors (Lipinski definition) is 1. The van der Waals surface area contributed by atoms with Gasteiger partial charge in [-0.2, -0.15) is 0 Å². The van der Waals surface area contributed by atoms with Crippen molar-refractivity contribution in [2.75, 3.05) is 30.4 Å². The third-order valence-electron chi connectivity index (χ3n) is 5.16. The van der Waals surface area contributed by atoms with Crippen LogP contribution in [-0.4, -0.2) is 61.3 Å². The van der Waals surface area contributed by atoms with Gasteiger partial charge in [-0.1, -0.05) is 6.07 Å². The highest BCUT2D eigenvalue weighted by atomic mass is 16.6. The number of nitrogens with one attached hydrogen (secondary N) is 1. The number of amides is 4. The average Bonchev–Trinajstić information content (AvgIpc) is 2.61. The van der Waals surface area contributed by atoms with Gasteiger partial charge in [0.05, 0.1) is 24.2 Å². The Bertz CT molecular complexity index is 802. The number of rotatable bonds is 3. The first-order chi connectivity index (χ1) is 13.6. The Morgan fingerprint density at radius 3 is 2.62 bits per heavy atom. The summed E-state index contributed by atoms with van der Waals surface area (Å²) in [7, 11) is 3.82. The predicted molar refractivity (Wildman–Crippen MR) is 111 cm³/mol. The molecule has 0 aliphatic carbocycles. The molecule has 4 amide bonds. The quantitative estimate of drug-likeness (QED) is 0.841. The molecule has 2 atom stereocenters. The lowest BCUT2D eigenvalue weighted by Gasteiger charge is -2.46. The number of carbonyl (C=O) groups excluding carboxylic acids is 3. The topological polar surface area (TPSA) is 82.2 Å². The molecule has 8 nitrogen and oxygen atoms in total. The molecule has 0 saturated carbocycles. The maximum absolute atomic E-state index is 13.2. The van der Waals surface area contributed by atoms with E-state index in [0.29, 0.717) is 18.7 Å². The van der Waals surface area contributed by atoms with E-state index in [1.165, 1.54) is 4.90 Å². The summed E-state index contributed by atoms with van der Waals surface area (Å²) in [5.74, 6) is -0.259. The Hall–Kier alpha value is -2.77. The molecular weight excluding hydrogens is 372 g/mol. The molecule has 1 aromatic carbocycles. The Morgan fingerprint density at radius 2 is 1.97 bits per heavy atom. The lowest BCUT2D eigenvalue weighted by Crippen LogP contribution is -2.65. The van der Waals surface area contributed by atoms with Crippen molar-refractivity contribution < 1.29 is 19.1 Å². The van der Waals surface area contributed by atoms with Crippen LogP contribution in [0.1, 0.15) is 40.0 Å². The first kappa shape index (κ1) is 21.0. The second-order valence-corrected chi connectivity index (χ2v) is 8.79. The first-order valence-electron chi connectivity index (χ1n) is 9.97. The number of carbonyl (C=O) groups is 3. The smallest absolute Gasteiger partial charge is 0.407 e. The van der Waals surface area contributed by atoms with Crippen molar-refractivity contribution in [2.45, 2.75) is 57.7 Å². The number of imide groups is 1. The Labute approximate surface area is 171 Å². The summed E-state index contributed by atoms with van der Waals surface area (Å²) in [6.45, 7) is 5.96. The molecule has 1 aromatic rings. The molecule has 0 aromatic heterocycles. The molecule has 2 aliphatic rings. The van der Waals surface area contributed by atoms with Crippen molar-refractivity contribution in [2.24, 2.45) is 0 Å². The number of anilines is 2. The summed E-state index contributed by atoms with van der Waals surface area (Å²) in [5, 5.41) is 2.86. The zero-order valence-electron chi connectivity index (χ0n) is 17.8. The summed E-state index contributed by atoms with van der Waals surface area (Å²) < 4.78 is 5.35. The highest BCUT2D eigenvalue weighted by Crippen LogP contribution is 2.31. The van der Waals surface area contributed by atoms with Crippen LogP contribution in [-0.2, 0) is 9.53 Å². The fourth-order valence-corrected chi connectivity index (χ4v) is 3.84. The van der Waals surface area contributed by atoms with Crippen molar-refractivity contribution in [1.29, 1.82) is 0 Å². The minimum atomic E-state index is -0.606. The van der Waals surface area contributed by atoms with Crippen LogP contribution < -0.4 is 15.1 Å². The molecule has 0 spiro atoms. The fraction of sp³-hybridized carbons (Fsp3) is 0.571. The molecule has 0 bridgehead atoms. The van der Waals surface area contributed by atoms with Gasteiger partial charge in [0.25, 0.3) is 0 Å². The molecule has 0 radical (unpaired) electrons. The fourth-order valence-electron chi connectivity index (χ4n) is 3.84. The maximum Gasteiger partial charge on any atom is 0.407 e. The van der Waals surface area contributed by atoms with Crippen molar-refractivity contribution >= 4 is 29.4 Å². The van der Waals surface area contributed by atoms with Crippen molar-refractivity contribution in [3.05, 3.63) is 24.3 Å². The summed E-state index contributed by atoms with van der Waals surface area (Å²) in [6, 6.07) is 6.36.